The highest BCUT2D eigenvalue weighted by Crippen LogP contribution is 2.33. The van der Waals surface area contributed by atoms with Crippen molar-refractivity contribution in [1.82, 2.24) is 10.3 Å². The minimum absolute atomic E-state index is 0.0277. The highest BCUT2D eigenvalue weighted by Gasteiger charge is 2.21. The maximum absolute atomic E-state index is 12.8. The van der Waals surface area contributed by atoms with E-state index in [1.807, 2.05) is 24.3 Å². The number of alkyl halides is 2. The van der Waals surface area contributed by atoms with Crippen molar-refractivity contribution in [3.63, 3.8) is 0 Å². The number of nitrogens with zero attached hydrogens (tertiary/aromatic N) is 1. The van der Waals surface area contributed by atoms with Gasteiger partial charge >= 0.3 is 6.61 Å². The number of para-hydroxylation sites is 1. The first-order valence-electron chi connectivity index (χ1n) is 10.1. The average Bonchev–Trinajstić information content (AvgIpc) is 3.25. The minimum Gasteiger partial charge on any atom is -0.493 e. The number of benzene rings is 2. The van der Waals surface area contributed by atoms with E-state index >= 15 is 0 Å². The first kappa shape index (κ1) is 24.1. The van der Waals surface area contributed by atoms with Crippen LogP contribution in [0.1, 0.15) is 29.3 Å². The third kappa shape index (κ3) is 6.72. The second-order valence-corrected chi connectivity index (χ2v) is 7.85. The van der Waals surface area contributed by atoms with Crippen LogP contribution in [0.3, 0.4) is 0 Å². The molecular weight excluding hydrogens is 452 g/mol. The normalized spacial score (nSPS) is 10.7. The summed E-state index contributed by atoms with van der Waals surface area (Å²) in [5, 5.41) is 7.50. The number of methoxy groups -OCH3 is 1. The van der Waals surface area contributed by atoms with Crippen LogP contribution in [0.4, 0.5) is 13.9 Å². The number of hydrogen-bond acceptors (Lipinski definition) is 6. The van der Waals surface area contributed by atoms with E-state index in [4.69, 9.17) is 4.74 Å². The lowest BCUT2D eigenvalue weighted by molar-refractivity contribution is -0.118. The fourth-order valence-electron chi connectivity index (χ4n) is 3.09. The molecule has 2 N–H and O–H groups in total. The zero-order valence-corrected chi connectivity index (χ0v) is 18.9. The molecular formula is C23H23F2N3O4S. The van der Waals surface area contributed by atoms with Crippen molar-refractivity contribution in [1.29, 1.82) is 0 Å². The van der Waals surface area contributed by atoms with Gasteiger partial charge in [0.05, 0.1) is 18.4 Å². The SMILES string of the molecule is COc1cccc(C(=O)Nc2nc(-c3ccc(CCCNC(C)=O)cc3)cs2)c1OC(F)F. The van der Waals surface area contributed by atoms with E-state index in [9.17, 15) is 18.4 Å². The molecule has 1 aromatic heterocycles. The molecule has 3 aromatic rings. The maximum Gasteiger partial charge on any atom is 0.387 e. The number of anilines is 1. The maximum atomic E-state index is 12.8. The van der Waals surface area contributed by atoms with Crippen molar-refractivity contribution in [2.75, 3.05) is 19.0 Å². The van der Waals surface area contributed by atoms with Crippen molar-refractivity contribution in [3.8, 4) is 22.8 Å². The Labute approximate surface area is 193 Å². The Morgan fingerprint density at radius 2 is 1.91 bits per heavy atom. The molecule has 0 aliphatic heterocycles. The third-order valence-electron chi connectivity index (χ3n) is 4.64. The van der Waals surface area contributed by atoms with Gasteiger partial charge in [-0.2, -0.15) is 8.78 Å². The summed E-state index contributed by atoms with van der Waals surface area (Å²) in [5.41, 5.74) is 2.60. The molecule has 2 aromatic carbocycles. The van der Waals surface area contributed by atoms with Gasteiger partial charge in [0.1, 0.15) is 0 Å². The molecule has 0 aliphatic rings. The van der Waals surface area contributed by atoms with Crippen LogP contribution in [0.15, 0.2) is 47.8 Å². The van der Waals surface area contributed by atoms with Crippen molar-refractivity contribution in [2.45, 2.75) is 26.4 Å². The van der Waals surface area contributed by atoms with Crippen molar-refractivity contribution in [3.05, 3.63) is 59.0 Å². The zero-order chi connectivity index (χ0) is 23.8. The molecule has 1 heterocycles. The Bertz CT molecular complexity index is 1100. The molecule has 0 unspecified atom stereocenters. The molecule has 0 saturated carbocycles. The van der Waals surface area contributed by atoms with Gasteiger partial charge in [0.15, 0.2) is 16.6 Å². The lowest BCUT2D eigenvalue weighted by Crippen LogP contribution is -2.21. The summed E-state index contributed by atoms with van der Waals surface area (Å²) >= 11 is 1.22. The Kier molecular flexibility index (Phi) is 8.31. The van der Waals surface area contributed by atoms with E-state index in [2.05, 4.69) is 20.4 Å². The number of aryl methyl sites for hydroxylation is 1. The number of halogens is 2. The molecule has 0 aliphatic carbocycles. The number of hydrogen-bond donors (Lipinski definition) is 2. The smallest absolute Gasteiger partial charge is 0.387 e. The number of thiazole rings is 1. The Morgan fingerprint density at radius 1 is 1.15 bits per heavy atom. The molecule has 7 nitrogen and oxygen atoms in total. The molecule has 0 atom stereocenters. The van der Waals surface area contributed by atoms with Crippen LogP contribution in [0.5, 0.6) is 11.5 Å². The van der Waals surface area contributed by atoms with Gasteiger partial charge in [0.25, 0.3) is 5.91 Å². The number of amides is 2. The first-order chi connectivity index (χ1) is 15.9. The highest BCUT2D eigenvalue weighted by molar-refractivity contribution is 7.14. The molecule has 33 heavy (non-hydrogen) atoms. The largest absolute Gasteiger partial charge is 0.493 e. The average molecular weight is 476 g/mol. The van der Waals surface area contributed by atoms with Crippen LogP contribution >= 0.6 is 11.3 Å². The molecule has 0 saturated heterocycles. The van der Waals surface area contributed by atoms with E-state index < -0.39 is 12.5 Å². The minimum atomic E-state index is -3.10. The van der Waals surface area contributed by atoms with Crippen LogP contribution in [-0.2, 0) is 11.2 Å². The van der Waals surface area contributed by atoms with Gasteiger partial charge in [-0.15, -0.1) is 11.3 Å². The lowest BCUT2D eigenvalue weighted by Gasteiger charge is -2.13. The Hall–Kier alpha value is -3.53. The summed E-state index contributed by atoms with van der Waals surface area (Å²) in [6, 6.07) is 12.2. The van der Waals surface area contributed by atoms with E-state index in [1.54, 1.807) is 5.38 Å². The topological polar surface area (TPSA) is 89.5 Å². The van der Waals surface area contributed by atoms with E-state index in [1.165, 1.54) is 43.6 Å². The van der Waals surface area contributed by atoms with Gasteiger partial charge in [0, 0.05) is 24.4 Å². The summed E-state index contributed by atoms with van der Waals surface area (Å²) in [5.74, 6) is -0.987. The van der Waals surface area contributed by atoms with Crippen LogP contribution in [0.25, 0.3) is 11.3 Å². The summed E-state index contributed by atoms with van der Waals surface area (Å²) < 4.78 is 35.2. The molecule has 0 radical (unpaired) electrons. The number of carbonyl (C=O) groups is 2. The van der Waals surface area contributed by atoms with Gasteiger partial charge < -0.3 is 14.8 Å². The predicted octanol–water partition coefficient (Wildman–Crippen LogP) is 4.74. The quantitative estimate of drug-likeness (QED) is 0.414. The van der Waals surface area contributed by atoms with Gasteiger partial charge in [-0.1, -0.05) is 30.3 Å². The number of nitrogens with one attached hydrogen (secondary N) is 2. The van der Waals surface area contributed by atoms with E-state index in [-0.39, 0.29) is 23.0 Å². The second-order valence-electron chi connectivity index (χ2n) is 6.99. The fraction of sp³-hybridized carbons (Fsp3) is 0.261. The van der Waals surface area contributed by atoms with Crippen molar-refractivity contribution < 1.29 is 27.8 Å². The summed E-state index contributed by atoms with van der Waals surface area (Å²) in [6.07, 6.45) is 1.68. The van der Waals surface area contributed by atoms with E-state index in [0.717, 1.165) is 24.0 Å². The Balaban J connectivity index is 1.66. The van der Waals surface area contributed by atoms with Crippen LogP contribution in [0.2, 0.25) is 0 Å². The fourth-order valence-corrected chi connectivity index (χ4v) is 3.81. The Morgan fingerprint density at radius 3 is 2.58 bits per heavy atom. The summed E-state index contributed by atoms with van der Waals surface area (Å²) in [6.45, 7) is -0.983. The monoisotopic (exact) mass is 475 g/mol. The zero-order valence-electron chi connectivity index (χ0n) is 18.1. The molecule has 3 rings (SSSR count). The van der Waals surface area contributed by atoms with Crippen LogP contribution < -0.4 is 20.1 Å². The van der Waals surface area contributed by atoms with Crippen LogP contribution in [-0.4, -0.2) is 37.1 Å². The van der Waals surface area contributed by atoms with E-state index in [0.29, 0.717) is 17.4 Å². The molecule has 2 amide bonds. The standard InChI is InChI=1S/C23H23F2N3O4S/c1-14(29)26-12-4-5-15-8-10-16(11-9-15)18-13-33-23(27-18)28-21(30)17-6-3-7-19(31-2)20(17)32-22(24)25/h3,6-11,13,22H,4-5,12H2,1-2H3,(H,26,29)(H,27,28,30). The summed E-state index contributed by atoms with van der Waals surface area (Å²) in [4.78, 5) is 28.0. The third-order valence-corrected chi connectivity index (χ3v) is 5.40. The molecule has 10 heteroatoms. The molecule has 0 fully saturated rings. The van der Waals surface area contributed by atoms with Gasteiger partial charge in [-0.25, -0.2) is 4.98 Å². The van der Waals surface area contributed by atoms with Crippen molar-refractivity contribution >= 4 is 28.3 Å². The molecule has 0 bridgehead atoms. The summed E-state index contributed by atoms with van der Waals surface area (Å²) in [7, 11) is 1.30. The second kappa shape index (κ2) is 11.4. The number of rotatable bonds is 10. The lowest BCUT2D eigenvalue weighted by atomic mass is 10.1. The first-order valence-corrected chi connectivity index (χ1v) is 11.0. The number of aromatic nitrogens is 1. The van der Waals surface area contributed by atoms with Gasteiger partial charge in [0.2, 0.25) is 5.91 Å². The number of ether oxygens (including phenoxy) is 2. The van der Waals surface area contributed by atoms with Crippen LogP contribution in [0, 0.1) is 0 Å². The molecule has 174 valence electrons. The number of carbonyl (C=O) groups excluding carboxylic acids is 2. The van der Waals surface area contributed by atoms with Gasteiger partial charge in [-0.3, -0.25) is 14.9 Å². The van der Waals surface area contributed by atoms with Gasteiger partial charge in [-0.05, 0) is 30.5 Å². The predicted molar refractivity (Wildman–Crippen MR) is 122 cm³/mol. The highest BCUT2D eigenvalue weighted by atomic mass is 32.1. The molecule has 0 spiro atoms. The van der Waals surface area contributed by atoms with Crippen molar-refractivity contribution in [2.24, 2.45) is 0 Å².